The molecule has 1 saturated heterocycles. The van der Waals surface area contributed by atoms with E-state index in [1.807, 2.05) is 4.90 Å². The van der Waals surface area contributed by atoms with E-state index in [0.717, 1.165) is 25.7 Å². The molecule has 2 N–H and O–H groups in total. The van der Waals surface area contributed by atoms with Gasteiger partial charge in [0, 0.05) is 18.2 Å². The van der Waals surface area contributed by atoms with Gasteiger partial charge in [-0.05, 0) is 75.9 Å². The number of hydrogen-bond donors (Lipinski definition) is 2. The van der Waals surface area contributed by atoms with Crippen molar-refractivity contribution in [1.29, 1.82) is 0 Å². The zero-order valence-electron chi connectivity index (χ0n) is 19.8. The summed E-state index contributed by atoms with van der Waals surface area (Å²) in [5, 5.41) is 5.61. The number of rotatable bonds is 6. The predicted octanol–water partition coefficient (Wildman–Crippen LogP) is 4.51. The molecule has 1 heterocycles. The van der Waals surface area contributed by atoms with E-state index in [2.05, 4.69) is 17.6 Å². The molecular weight excluding hydrogens is 476 g/mol. The molecule has 5 nitrogen and oxygen atoms in total. The third-order valence-electron chi connectivity index (χ3n) is 7.20. The van der Waals surface area contributed by atoms with E-state index in [9.17, 15) is 35.9 Å². The number of nitrogens with zero attached hydrogens (tertiary/aromatic N) is 1. The molecule has 3 rings (SSSR count). The van der Waals surface area contributed by atoms with E-state index in [1.54, 1.807) is 0 Å². The van der Waals surface area contributed by atoms with Crippen molar-refractivity contribution < 1.29 is 35.9 Å². The first-order valence-corrected chi connectivity index (χ1v) is 12.2. The lowest BCUT2D eigenvalue weighted by Gasteiger charge is -2.33. The van der Waals surface area contributed by atoms with Crippen molar-refractivity contribution in [2.24, 2.45) is 17.8 Å². The van der Waals surface area contributed by atoms with Crippen LogP contribution in [0.1, 0.15) is 51.9 Å². The first-order chi connectivity index (χ1) is 16.3. The van der Waals surface area contributed by atoms with Gasteiger partial charge >= 0.3 is 12.4 Å². The lowest BCUT2D eigenvalue weighted by atomic mass is 9.87. The third kappa shape index (κ3) is 8.25. The fourth-order valence-electron chi connectivity index (χ4n) is 4.93. The highest BCUT2D eigenvalue weighted by Gasteiger charge is 2.45. The van der Waals surface area contributed by atoms with E-state index in [0.29, 0.717) is 44.5 Å². The molecule has 3 aliphatic rings. The normalized spacial score (nSPS) is 27.1. The first-order valence-electron chi connectivity index (χ1n) is 12.2. The molecule has 2 aliphatic carbocycles. The topological polar surface area (TPSA) is 61.4 Å². The Kier molecular flexibility index (Phi) is 8.93. The number of halogens is 6. The molecule has 1 aliphatic heterocycles. The molecule has 1 saturated carbocycles. The first kappa shape index (κ1) is 27.5. The number of nitrogens with one attached hydrogen (secondary N) is 2. The van der Waals surface area contributed by atoms with Crippen LogP contribution in [0.25, 0.3) is 0 Å². The minimum absolute atomic E-state index is 0.00622. The van der Waals surface area contributed by atoms with Crippen LogP contribution in [0.4, 0.5) is 26.3 Å². The summed E-state index contributed by atoms with van der Waals surface area (Å²) in [6, 6.07) is 0.227. The molecule has 0 radical (unpaired) electrons. The van der Waals surface area contributed by atoms with Gasteiger partial charge in [-0.2, -0.15) is 26.3 Å². The Labute approximate surface area is 201 Å². The highest BCUT2D eigenvalue weighted by atomic mass is 19.4. The van der Waals surface area contributed by atoms with Gasteiger partial charge in [0.1, 0.15) is 0 Å². The zero-order chi connectivity index (χ0) is 25.8. The van der Waals surface area contributed by atoms with Crippen LogP contribution in [-0.2, 0) is 9.59 Å². The molecule has 2 amide bonds. The van der Waals surface area contributed by atoms with Crippen molar-refractivity contribution in [2.45, 2.75) is 70.3 Å². The van der Waals surface area contributed by atoms with Crippen LogP contribution in [0.3, 0.4) is 0 Å². The summed E-state index contributed by atoms with van der Waals surface area (Å²) in [6.07, 6.45) is -4.45. The standard InChI is InChI=1S/C24H33F6N3O2/c1-15-2-4-20(5-3-15)32-21(34)14-33-8-6-16(7-9-33)13-31-22(35)17-10-18(23(25,26)27)12-19(11-17)24(28,29)30/h10,12,15-16,19-20H,2-9,11,13-14H2,1H3,(H,31,35)(H,32,34)/t15-,19-,20-/m1/s1. The largest absolute Gasteiger partial charge is 0.416 e. The molecule has 0 aromatic heterocycles. The van der Waals surface area contributed by atoms with Crippen molar-refractivity contribution in [3.05, 3.63) is 23.3 Å². The lowest BCUT2D eigenvalue weighted by molar-refractivity contribution is -0.162. The molecule has 0 aromatic carbocycles. The maximum absolute atomic E-state index is 13.1. The number of piperidine rings is 1. The second-order valence-electron chi connectivity index (χ2n) is 10.1. The Morgan fingerprint density at radius 1 is 1.00 bits per heavy atom. The van der Waals surface area contributed by atoms with Crippen molar-refractivity contribution in [3.63, 3.8) is 0 Å². The van der Waals surface area contributed by atoms with Crippen molar-refractivity contribution in [3.8, 4) is 0 Å². The number of allylic oxidation sites excluding steroid dienone is 3. The highest BCUT2D eigenvalue weighted by Crippen LogP contribution is 2.40. The molecule has 35 heavy (non-hydrogen) atoms. The van der Waals surface area contributed by atoms with E-state index in [-0.39, 0.29) is 30.5 Å². The van der Waals surface area contributed by atoms with Crippen molar-refractivity contribution in [2.75, 3.05) is 26.2 Å². The maximum atomic E-state index is 13.1. The summed E-state index contributed by atoms with van der Waals surface area (Å²) in [5.41, 5.74) is -1.97. The average molecular weight is 510 g/mol. The van der Waals surface area contributed by atoms with Crippen LogP contribution < -0.4 is 10.6 Å². The summed E-state index contributed by atoms with van der Waals surface area (Å²) < 4.78 is 78.4. The Morgan fingerprint density at radius 3 is 2.20 bits per heavy atom. The molecular formula is C24H33F6N3O2. The Morgan fingerprint density at radius 2 is 1.63 bits per heavy atom. The van der Waals surface area contributed by atoms with Gasteiger partial charge in [-0.15, -0.1) is 0 Å². The van der Waals surface area contributed by atoms with E-state index in [1.165, 1.54) is 0 Å². The minimum Gasteiger partial charge on any atom is -0.352 e. The second kappa shape index (κ2) is 11.3. The summed E-state index contributed by atoms with van der Waals surface area (Å²) in [6.45, 7) is 3.94. The molecule has 2 fully saturated rings. The Bertz CT molecular complexity index is 820. The molecule has 0 unspecified atom stereocenters. The van der Waals surface area contributed by atoms with Gasteiger partial charge in [0.2, 0.25) is 11.8 Å². The minimum atomic E-state index is -4.97. The second-order valence-corrected chi connectivity index (χ2v) is 10.1. The van der Waals surface area contributed by atoms with Crippen LogP contribution in [0.2, 0.25) is 0 Å². The number of amides is 2. The van der Waals surface area contributed by atoms with Gasteiger partial charge < -0.3 is 10.6 Å². The number of hydrogen-bond acceptors (Lipinski definition) is 3. The van der Waals surface area contributed by atoms with Gasteiger partial charge in [0.05, 0.1) is 18.0 Å². The maximum Gasteiger partial charge on any atom is 0.416 e. The van der Waals surface area contributed by atoms with Crippen molar-refractivity contribution >= 4 is 11.8 Å². The van der Waals surface area contributed by atoms with Gasteiger partial charge in [-0.25, -0.2) is 0 Å². The monoisotopic (exact) mass is 509 g/mol. The van der Waals surface area contributed by atoms with Crippen LogP contribution >= 0.6 is 0 Å². The van der Waals surface area contributed by atoms with Crippen LogP contribution in [0.5, 0.6) is 0 Å². The molecule has 198 valence electrons. The van der Waals surface area contributed by atoms with Gasteiger partial charge in [0.15, 0.2) is 0 Å². The molecule has 11 heteroatoms. The molecule has 0 aromatic rings. The van der Waals surface area contributed by atoms with Crippen LogP contribution in [0.15, 0.2) is 23.3 Å². The summed E-state index contributed by atoms with van der Waals surface area (Å²) >= 11 is 0. The summed E-state index contributed by atoms with van der Waals surface area (Å²) in [5.74, 6) is -2.52. The van der Waals surface area contributed by atoms with E-state index >= 15 is 0 Å². The zero-order valence-corrected chi connectivity index (χ0v) is 19.8. The molecule has 0 spiro atoms. The highest BCUT2D eigenvalue weighted by molar-refractivity contribution is 5.94. The average Bonchev–Trinajstić information content (AvgIpc) is 2.78. The van der Waals surface area contributed by atoms with Crippen molar-refractivity contribution in [1.82, 2.24) is 15.5 Å². The fraction of sp³-hybridized carbons (Fsp3) is 0.750. The van der Waals surface area contributed by atoms with E-state index < -0.39 is 41.7 Å². The molecule has 0 bridgehead atoms. The molecule has 1 atom stereocenters. The van der Waals surface area contributed by atoms with Gasteiger partial charge in [0.25, 0.3) is 0 Å². The lowest BCUT2D eigenvalue weighted by Crippen LogP contribution is -2.46. The van der Waals surface area contributed by atoms with Crippen LogP contribution in [0, 0.1) is 17.8 Å². The fourth-order valence-corrected chi connectivity index (χ4v) is 4.93. The summed E-state index contributed by atoms with van der Waals surface area (Å²) in [7, 11) is 0. The predicted molar refractivity (Wildman–Crippen MR) is 118 cm³/mol. The van der Waals surface area contributed by atoms with E-state index in [4.69, 9.17) is 0 Å². The number of carbonyl (C=O) groups excluding carboxylic acids is 2. The number of alkyl halides is 6. The smallest absolute Gasteiger partial charge is 0.352 e. The SMILES string of the molecule is C[C@H]1CC[C@H](NC(=O)CN2CCC(CNC(=O)C3=CC(C(F)(F)F)=C[C@H](C(F)(F)F)C3)CC2)CC1. The third-order valence-corrected chi connectivity index (χ3v) is 7.20. The quantitative estimate of drug-likeness (QED) is 0.519. The van der Waals surface area contributed by atoms with Gasteiger partial charge in [-0.1, -0.05) is 13.0 Å². The summed E-state index contributed by atoms with van der Waals surface area (Å²) in [4.78, 5) is 26.8. The Hall–Kier alpha value is -2.04. The van der Waals surface area contributed by atoms with Gasteiger partial charge in [-0.3, -0.25) is 14.5 Å². The Balaban J connectivity index is 1.43. The number of carbonyl (C=O) groups is 2. The number of likely N-dealkylation sites (tertiary alicyclic amines) is 1. The van der Waals surface area contributed by atoms with Crippen LogP contribution in [-0.4, -0.2) is 61.3 Å².